The Balaban J connectivity index is 3.06. The third kappa shape index (κ3) is 2.63. The summed E-state index contributed by atoms with van der Waals surface area (Å²) in [7, 11) is 0. The zero-order chi connectivity index (χ0) is 13.6. The molecule has 7 heteroatoms. The first-order chi connectivity index (χ1) is 7.37. The maximum absolute atomic E-state index is 12.2. The molecule has 0 aromatic rings. The highest BCUT2D eigenvalue weighted by atomic mass is 19.4. The molecule has 1 nitrogen and oxygen atoms in total. The van der Waals surface area contributed by atoms with Crippen molar-refractivity contribution in [2.45, 2.75) is 32.6 Å². The van der Waals surface area contributed by atoms with E-state index >= 15 is 0 Å². The third-order valence-electron chi connectivity index (χ3n) is 3.03. The molecule has 1 aliphatic carbocycles. The molecule has 1 unspecified atom stereocenters. The Kier molecular flexibility index (Phi) is 3.10. The van der Waals surface area contributed by atoms with Gasteiger partial charge >= 0.3 is 12.4 Å². The van der Waals surface area contributed by atoms with Crippen LogP contribution in [0.2, 0.25) is 0 Å². The van der Waals surface area contributed by atoms with E-state index in [-0.39, 0.29) is 18.3 Å². The average Bonchev–Trinajstić information content (AvgIpc) is 2.07. The van der Waals surface area contributed by atoms with Gasteiger partial charge in [-0.05, 0) is 5.92 Å². The summed E-state index contributed by atoms with van der Waals surface area (Å²) in [5, 5.41) is 0. The predicted molar refractivity (Wildman–Crippen MR) is 47.1 cm³/mol. The summed E-state index contributed by atoms with van der Waals surface area (Å²) in [6.45, 7) is 2.68. The number of allylic oxidation sites excluding steroid dienone is 2. The molecule has 98 valence electrons. The highest BCUT2D eigenvalue weighted by Crippen LogP contribution is 2.47. The molecule has 0 saturated heterocycles. The Morgan fingerprint density at radius 1 is 1.18 bits per heavy atom. The van der Waals surface area contributed by atoms with E-state index in [1.807, 2.05) is 0 Å². The molecule has 1 atom stereocenters. The highest BCUT2D eigenvalue weighted by Gasteiger charge is 2.54. The number of hydrogen-bond acceptors (Lipinski definition) is 1. The summed E-state index contributed by atoms with van der Waals surface area (Å²) in [4.78, 5) is 11.1. The van der Waals surface area contributed by atoms with Crippen molar-refractivity contribution in [1.82, 2.24) is 0 Å². The fourth-order valence-electron chi connectivity index (χ4n) is 1.61. The number of alkyl halides is 6. The average molecular weight is 260 g/mol. The number of carbonyl (C=O) groups excluding carboxylic acids is 1. The van der Waals surface area contributed by atoms with Gasteiger partial charge < -0.3 is 0 Å². The zero-order valence-electron chi connectivity index (χ0n) is 9.04. The van der Waals surface area contributed by atoms with Gasteiger partial charge in [-0.1, -0.05) is 19.9 Å². The van der Waals surface area contributed by atoms with E-state index in [0.29, 0.717) is 0 Å². The first kappa shape index (κ1) is 14.1. The molecule has 0 bridgehead atoms. The van der Waals surface area contributed by atoms with Gasteiger partial charge in [-0.15, -0.1) is 0 Å². The number of carbonyl (C=O) groups is 1. The van der Waals surface area contributed by atoms with E-state index < -0.39 is 29.3 Å². The van der Waals surface area contributed by atoms with Gasteiger partial charge in [0.15, 0.2) is 0 Å². The number of Topliss-reactive ketones (excluding diaryl/α,β-unsaturated/α-hetero) is 1. The normalized spacial score (nSPS) is 24.2. The number of rotatable bonds is 1. The molecular weight excluding hydrogens is 250 g/mol. The van der Waals surface area contributed by atoms with Crippen molar-refractivity contribution in [3.8, 4) is 0 Å². The third-order valence-corrected chi connectivity index (χ3v) is 3.03. The minimum absolute atomic E-state index is 0.126. The molecular formula is C10H10F6O. The van der Waals surface area contributed by atoms with E-state index in [2.05, 4.69) is 0 Å². The van der Waals surface area contributed by atoms with Crippen molar-refractivity contribution in [2.75, 3.05) is 0 Å². The molecule has 1 saturated carbocycles. The Morgan fingerprint density at radius 2 is 1.59 bits per heavy atom. The van der Waals surface area contributed by atoms with E-state index in [0.717, 1.165) is 0 Å². The largest absolute Gasteiger partial charge is 0.421 e. The number of hydrogen-bond donors (Lipinski definition) is 0. The number of ketones is 1. The first-order valence-electron chi connectivity index (χ1n) is 4.76. The molecule has 0 heterocycles. The van der Waals surface area contributed by atoms with Crippen LogP contribution in [-0.4, -0.2) is 18.1 Å². The lowest BCUT2D eigenvalue weighted by atomic mass is 9.61. The van der Waals surface area contributed by atoms with Crippen molar-refractivity contribution in [3.05, 3.63) is 11.6 Å². The fraction of sp³-hybridized carbons (Fsp3) is 0.700. The molecule has 0 aromatic heterocycles. The molecule has 0 aliphatic heterocycles. The monoisotopic (exact) mass is 260 g/mol. The molecule has 0 radical (unpaired) electrons. The van der Waals surface area contributed by atoms with Crippen LogP contribution in [0.25, 0.3) is 0 Å². The molecule has 0 amide bonds. The molecule has 17 heavy (non-hydrogen) atoms. The topological polar surface area (TPSA) is 17.1 Å². The van der Waals surface area contributed by atoms with Gasteiger partial charge in [0.25, 0.3) is 0 Å². The fourth-order valence-corrected chi connectivity index (χ4v) is 1.61. The Bertz CT molecular complexity index is 344. The van der Waals surface area contributed by atoms with Crippen molar-refractivity contribution < 1.29 is 31.1 Å². The summed E-state index contributed by atoms with van der Waals surface area (Å²) < 4.78 is 73.3. The Labute approximate surface area is 93.5 Å². The van der Waals surface area contributed by atoms with Gasteiger partial charge in [-0.2, -0.15) is 26.3 Å². The van der Waals surface area contributed by atoms with Crippen LogP contribution < -0.4 is 0 Å². The van der Waals surface area contributed by atoms with Crippen molar-refractivity contribution in [3.63, 3.8) is 0 Å². The lowest BCUT2D eigenvalue weighted by Crippen LogP contribution is -2.45. The molecule has 1 aliphatic rings. The van der Waals surface area contributed by atoms with Gasteiger partial charge in [0.2, 0.25) is 0 Å². The number of halogens is 6. The standard InChI is InChI=1S/C10H10F6O/c1-8(2)5(4-7(8)17)3-6(9(11,12)13)10(14,15)16/h3,5H,4H2,1-2H3. The summed E-state index contributed by atoms with van der Waals surface area (Å²) in [5.41, 5.74) is -3.68. The second kappa shape index (κ2) is 3.74. The maximum atomic E-state index is 12.2. The molecule has 0 N–H and O–H groups in total. The van der Waals surface area contributed by atoms with Crippen LogP contribution in [0.3, 0.4) is 0 Å². The van der Waals surface area contributed by atoms with Crippen molar-refractivity contribution >= 4 is 5.78 Å². The van der Waals surface area contributed by atoms with E-state index in [4.69, 9.17) is 0 Å². The van der Waals surface area contributed by atoms with E-state index in [1.165, 1.54) is 13.8 Å². The van der Waals surface area contributed by atoms with Crippen molar-refractivity contribution in [1.29, 1.82) is 0 Å². The smallest absolute Gasteiger partial charge is 0.299 e. The zero-order valence-corrected chi connectivity index (χ0v) is 9.04. The summed E-state index contributed by atoms with van der Waals surface area (Å²) >= 11 is 0. The van der Waals surface area contributed by atoms with Gasteiger partial charge in [0, 0.05) is 11.8 Å². The Hall–Kier alpha value is -1.01. The summed E-state index contributed by atoms with van der Waals surface area (Å²) in [5.74, 6) is -1.35. The predicted octanol–water partition coefficient (Wildman–Crippen LogP) is 3.65. The SMILES string of the molecule is CC1(C)C(=O)CC1C=C(C(F)(F)F)C(F)(F)F. The highest BCUT2D eigenvalue weighted by molar-refractivity contribution is 5.91. The quantitative estimate of drug-likeness (QED) is 0.519. The second-order valence-corrected chi connectivity index (χ2v) is 4.53. The van der Waals surface area contributed by atoms with Crippen LogP contribution in [0.4, 0.5) is 26.3 Å². The van der Waals surface area contributed by atoms with Gasteiger partial charge in [0.1, 0.15) is 11.4 Å². The van der Waals surface area contributed by atoms with E-state index in [9.17, 15) is 31.1 Å². The van der Waals surface area contributed by atoms with Crippen LogP contribution in [-0.2, 0) is 4.79 Å². The summed E-state index contributed by atoms with van der Waals surface area (Å²) in [6, 6.07) is 0. The van der Waals surface area contributed by atoms with Crippen molar-refractivity contribution in [2.24, 2.45) is 11.3 Å². The first-order valence-corrected chi connectivity index (χ1v) is 4.76. The van der Waals surface area contributed by atoms with E-state index in [1.54, 1.807) is 0 Å². The molecule has 1 rings (SSSR count). The Morgan fingerprint density at radius 3 is 1.82 bits per heavy atom. The molecule has 1 fully saturated rings. The lowest BCUT2D eigenvalue weighted by molar-refractivity contribution is -0.174. The second-order valence-electron chi connectivity index (χ2n) is 4.53. The van der Waals surface area contributed by atoms with Crippen LogP contribution in [0.15, 0.2) is 11.6 Å². The van der Waals surface area contributed by atoms with Crippen LogP contribution >= 0.6 is 0 Å². The molecule has 0 aromatic carbocycles. The van der Waals surface area contributed by atoms with Crippen LogP contribution in [0.5, 0.6) is 0 Å². The van der Waals surface area contributed by atoms with Gasteiger partial charge in [-0.3, -0.25) is 4.79 Å². The van der Waals surface area contributed by atoms with Gasteiger partial charge in [-0.25, -0.2) is 0 Å². The minimum atomic E-state index is -5.45. The lowest BCUT2D eigenvalue weighted by Gasteiger charge is -2.41. The minimum Gasteiger partial charge on any atom is -0.299 e. The maximum Gasteiger partial charge on any atom is 0.421 e. The van der Waals surface area contributed by atoms with Gasteiger partial charge in [0.05, 0.1) is 0 Å². The van der Waals surface area contributed by atoms with Crippen LogP contribution in [0, 0.1) is 11.3 Å². The van der Waals surface area contributed by atoms with Crippen LogP contribution in [0.1, 0.15) is 20.3 Å². The molecule has 0 spiro atoms. The summed E-state index contributed by atoms with van der Waals surface area (Å²) in [6.07, 6.45) is -11.1.